The molecule has 1 heterocycles. The minimum absolute atomic E-state index is 0.353. The Morgan fingerprint density at radius 1 is 1.60 bits per heavy atom. The van der Waals surface area contributed by atoms with Crippen molar-refractivity contribution in [3.63, 3.8) is 0 Å². The van der Waals surface area contributed by atoms with Crippen LogP contribution in [0.5, 0.6) is 5.88 Å². The number of carbonyl (C=O) groups excluding carboxylic acids is 1. The maximum absolute atomic E-state index is 11.0. The summed E-state index contributed by atoms with van der Waals surface area (Å²) in [5, 5.41) is 0. The van der Waals surface area contributed by atoms with Gasteiger partial charge in [0.15, 0.2) is 0 Å². The van der Waals surface area contributed by atoms with Crippen molar-refractivity contribution >= 4 is 12.0 Å². The zero-order valence-corrected chi connectivity index (χ0v) is 8.64. The lowest BCUT2D eigenvalue weighted by Crippen LogP contribution is -1.99. The average molecular weight is 208 g/mol. The largest absolute Gasteiger partial charge is 0.480 e. The van der Waals surface area contributed by atoms with E-state index in [0.717, 1.165) is 0 Å². The van der Waals surface area contributed by atoms with Crippen LogP contribution < -0.4 is 4.74 Å². The van der Waals surface area contributed by atoms with Gasteiger partial charge in [-0.15, -0.1) is 0 Å². The van der Waals surface area contributed by atoms with Crippen LogP contribution in [0, 0.1) is 0 Å². The molecule has 0 aliphatic heterocycles. The van der Waals surface area contributed by atoms with Gasteiger partial charge in [-0.1, -0.05) is 0 Å². The average Bonchev–Trinajstić information content (AvgIpc) is 2.27. The third kappa shape index (κ3) is 3.38. The number of ether oxygens (including phenoxy) is 2. The summed E-state index contributed by atoms with van der Waals surface area (Å²) >= 11 is 0. The van der Waals surface area contributed by atoms with Crippen LogP contribution in [0.4, 0.5) is 0 Å². The van der Waals surface area contributed by atoms with Crippen LogP contribution in [0.25, 0.3) is 6.08 Å². The molecule has 0 aliphatic carbocycles. The van der Waals surface area contributed by atoms with Crippen LogP contribution in [0.3, 0.4) is 0 Å². The first-order chi connectivity index (χ1) is 7.27. The molecular weight excluding hydrogens is 196 g/mol. The maximum Gasteiger partial charge on any atom is 0.330 e. The van der Waals surface area contributed by atoms with E-state index in [1.165, 1.54) is 19.5 Å². The molecule has 0 N–H and O–H groups in total. The predicted octanol–water partition coefficient (Wildman–Crippen LogP) is 1.06. The van der Waals surface area contributed by atoms with Gasteiger partial charge in [-0.3, -0.25) is 0 Å². The van der Waals surface area contributed by atoms with Gasteiger partial charge in [0.2, 0.25) is 5.88 Å². The quantitative estimate of drug-likeness (QED) is 0.547. The summed E-state index contributed by atoms with van der Waals surface area (Å²) in [7, 11) is 1.50. The summed E-state index contributed by atoms with van der Waals surface area (Å²) in [6.45, 7) is 2.10. The summed E-state index contributed by atoms with van der Waals surface area (Å²) < 4.78 is 9.71. The summed E-state index contributed by atoms with van der Waals surface area (Å²) in [4.78, 5) is 18.7. The molecular formula is C10H12N2O3. The molecule has 15 heavy (non-hydrogen) atoms. The van der Waals surface area contributed by atoms with E-state index >= 15 is 0 Å². The number of carbonyl (C=O) groups is 1. The molecule has 0 radical (unpaired) electrons. The van der Waals surface area contributed by atoms with Crippen LogP contribution in [0.2, 0.25) is 0 Å². The molecule has 1 rings (SSSR count). The van der Waals surface area contributed by atoms with Gasteiger partial charge < -0.3 is 9.47 Å². The van der Waals surface area contributed by atoms with E-state index < -0.39 is 5.97 Å². The molecule has 0 bridgehead atoms. The van der Waals surface area contributed by atoms with Crippen molar-refractivity contribution in [3.05, 3.63) is 24.2 Å². The molecule has 5 heteroatoms. The fraction of sp³-hybridized carbons (Fsp3) is 0.300. The molecule has 0 fully saturated rings. The normalized spacial score (nSPS) is 10.3. The van der Waals surface area contributed by atoms with Gasteiger partial charge in [-0.05, 0) is 13.0 Å². The lowest BCUT2D eigenvalue weighted by molar-refractivity contribution is -0.137. The molecule has 1 aromatic heterocycles. The summed E-state index contributed by atoms with van der Waals surface area (Å²) in [6.07, 6.45) is 5.80. The smallest absolute Gasteiger partial charge is 0.330 e. The third-order valence-corrected chi connectivity index (χ3v) is 1.58. The topological polar surface area (TPSA) is 61.3 Å². The molecule has 0 spiro atoms. The zero-order valence-electron chi connectivity index (χ0n) is 8.64. The highest BCUT2D eigenvalue weighted by Gasteiger charge is 2.01. The molecule has 0 saturated heterocycles. The lowest BCUT2D eigenvalue weighted by atomic mass is 10.3. The third-order valence-electron chi connectivity index (χ3n) is 1.58. The van der Waals surface area contributed by atoms with Crippen molar-refractivity contribution in [2.45, 2.75) is 6.92 Å². The Morgan fingerprint density at radius 3 is 3.07 bits per heavy atom. The first-order valence-electron chi connectivity index (χ1n) is 4.46. The van der Waals surface area contributed by atoms with Gasteiger partial charge in [-0.25, -0.2) is 14.8 Å². The highest BCUT2D eigenvalue weighted by Crippen LogP contribution is 2.13. The molecule has 0 aliphatic rings. The van der Waals surface area contributed by atoms with Crippen LogP contribution in [-0.2, 0) is 9.53 Å². The minimum Gasteiger partial charge on any atom is -0.480 e. The van der Waals surface area contributed by atoms with Gasteiger partial charge in [0.05, 0.1) is 19.3 Å². The van der Waals surface area contributed by atoms with E-state index in [2.05, 4.69) is 9.97 Å². The van der Waals surface area contributed by atoms with E-state index in [4.69, 9.17) is 9.47 Å². The molecule has 0 aromatic carbocycles. The van der Waals surface area contributed by atoms with Crippen LogP contribution in [0.15, 0.2) is 18.6 Å². The van der Waals surface area contributed by atoms with Crippen LogP contribution >= 0.6 is 0 Å². The number of esters is 1. The maximum atomic E-state index is 11.0. The Bertz CT molecular complexity index is 363. The number of rotatable bonds is 4. The first-order valence-corrected chi connectivity index (χ1v) is 4.46. The minimum atomic E-state index is -0.400. The van der Waals surface area contributed by atoms with E-state index in [9.17, 15) is 4.79 Å². The number of nitrogens with zero attached hydrogens (tertiary/aromatic N) is 2. The zero-order chi connectivity index (χ0) is 11.1. The number of aromatic nitrogens is 2. The summed E-state index contributed by atoms with van der Waals surface area (Å²) in [5.41, 5.74) is 0.632. The van der Waals surface area contributed by atoms with E-state index in [0.29, 0.717) is 18.1 Å². The van der Waals surface area contributed by atoms with E-state index in [1.807, 2.05) is 0 Å². The Balaban J connectivity index is 2.75. The number of hydrogen-bond donors (Lipinski definition) is 0. The standard InChI is InChI=1S/C10H12N2O3/c1-3-15-9(13)5-4-8-6-11-7-12-10(8)14-2/h4-7H,3H2,1-2H3. The van der Waals surface area contributed by atoms with Crippen molar-refractivity contribution in [3.8, 4) is 5.88 Å². The Labute approximate surface area is 87.8 Å². The second-order valence-corrected chi connectivity index (χ2v) is 2.57. The van der Waals surface area contributed by atoms with Gasteiger partial charge in [0, 0.05) is 12.3 Å². The van der Waals surface area contributed by atoms with Gasteiger partial charge in [0.1, 0.15) is 6.33 Å². The molecule has 5 nitrogen and oxygen atoms in total. The number of methoxy groups -OCH3 is 1. The van der Waals surface area contributed by atoms with E-state index in [-0.39, 0.29) is 0 Å². The predicted molar refractivity (Wildman–Crippen MR) is 54.3 cm³/mol. The fourth-order valence-electron chi connectivity index (χ4n) is 0.962. The van der Waals surface area contributed by atoms with Crippen LogP contribution in [-0.4, -0.2) is 29.7 Å². The molecule has 80 valence electrons. The SMILES string of the molecule is CCOC(=O)C=Cc1cncnc1OC. The monoisotopic (exact) mass is 208 g/mol. The van der Waals surface area contributed by atoms with Crippen molar-refractivity contribution in [2.24, 2.45) is 0 Å². The van der Waals surface area contributed by atoms with Crippen molar-refractivity contribution < 1.29 is 14.3 Å². The van der Waals surface area contributed by atoms with Crippen molar-refractivity contribution in [1.29, 1.82) is 0 Å². The summed E-state index contributed by atoms with van der Waals surface area (Å²) in [6, 6.07) is 0. The summed E-state index contributed by atoms with van der Waals surface area (Å²) in [5.74, 6) is 0.0222. The lowest BCUT2D eigenvalue weighted by Gasteiger charge is -2.00. The Morgan fingerprint density at radius 2 is 2.40 bits per heavy atom. The molecule has 0 amide bonds. The highest BCUT2D eigenvalue weighted by molar-refractivity contribution is 5.87. The van der Waals surface area contributed by atoms with Crippen molar-refractivity contribution in [1.82, 2.24) is 9.97 Å². The second-order valence-electron chi connectivity index (χ2n) is 2.57. The second kappa shape index (κ2) is 5.74. The molecule has 1 aromatic rings. The van der Waals surface area contributed by atoms with Crippen LogP contribution in [0.1, 0.15) is 12.5 Å². The van der Waals surface area contributed by atoms with E-state index in [1.54, 1.807) is 19.2 Å². The Kier molecular flexibility index (Phi) is 4.28. The number of hydrogen-bond acceptors (Lipinski definition) is 5. The molecule has 0 unspecified atom stereocenters. The van der Waals surface area contributed by atoms with Gasteiger partial charge in [0.25, 0.3) is 0 Å². The molecule has 0 saturated carbocycles. The Hall–Kier alpha value is -1.91. The fourth-order valence-corrected chi connectivity index (χ4v) is 0.962. The van der Waals surface area contributed by atoms with Crippen molar-refractivity contribution in [2.75, 3.05) is 13.7 Å². The van der Waals surface area contributed by atoms with Gasteiger partial charge in [-0.2, -0.15) is 0 Å². The highest BCUT2D eigenvalue weighted by atomic mass is 16.5. The molecule has 0 atom stereocenters. The van der Waals surface area contributed by atoms with Gasteiger partial charge >= 0.3 is 5.97 Å². The first kappa shape index (κ1) is 11.2.